The van der Waals surface area contributed by atoms with Gasteiger partial charge in [-0.2, -0.15) is 12.6 Å². The molecule has 0 aliphatic rings. The maximum atomic E-state index is 4.14. The van der Waals surface area contributed by atoms with Crippen LogP contribution in [-0.2, 0) is 0 Å². The lowest BCUT2D eigenvalue weighted by atomic mass is 10.2. The minimum absolute atomic E-state index is 1.05. The fraction of sp³-hybridized carbons (Fsp3) is 1.00. The van der Waals surface area contributed by atoms with Crippen LogP contribution in [0, 0.1) is 0 Å². The zero-order chi connectivity index (χ0) is 6.95. The van der Waals surface area contributed by atoms with Gasteiger partial charge in [-0.25, -0.2) is 0 Å². The van der Waals surface area contributed by atoms with E-state index in [9.17, 15) is 0 Å². The Morgan fingerprint density at radius 1 is 0.889 bits per heavy atom. The van der Waals surface area contributed by atoms with Crippen molar-refractivity contribution in [3.63, 3.8) is 0 Å². The van der Waals surface area contributed by atoms with Crippen molar-refractivity contribution in [3.8, 4) is 0 Å². The number of thiol groups is 1. The van der Waals surface area contributed by atoms with Gasteiger partial charge in [0, 0.05) is 5.33 Å². The number of rotatable bonds is 6. The van der Waals surface area contributed by atoms with Crippen molar-refractivity contribution < 1.29 is 0 Å². The largest absolute Gasteiger partial charge is 0.179 e. The normalized spacial score (nSPS) is 10.0. The lowest BCUT2D eigenvalue weighted by Crippen LogP contribution is -1.79. The van der Waals surface area contributed by atoms with Gasteiger partial charge in [0.05, 0.1) is 0 Å². The first-order chi connectivity index (χ1) is 4.41. The summed E-state index contributed by atoms with van der Waals surface area (Å²) in [5.41, 5.74) is 0. The van der Waals surface area contributed by atoms with Gasteiger partial charge in [-0.1, -0.05) is 35.2 Å². The van der Waals surface area contributed by atoms with Crippen LogP contribution in [0.2, 0.25) is 0 Å². The van der Waals surface area contributed by atoms with E-state index in [1.165, 1.54) is 32.1 Å². The van der Waals surface area contributed by atoms with Crippen LogP contribution in [0.1, 0.15) is 32.1 Å². The Bertz CT molecular complexity index is 42.2. The van der Waals surface area contributed by atoms with Crippen molar-refractivity contribution in [1.82, 2.24) is 0 Å². The van der Waals surface area contributed by atoms with E-state index in [4.69, 9.17) is 0 Å². The molecule has 0 atom stereocenters. The van der Waals surface area contributed by atoms with Gasteiger partial charge in [-0.3, -0.25) is 0 Å². The second kappa shape index (κ2) is 8.83. The van der Waals surface area contributed by atoms with Crippen LogP contribution < -0.4 is 0 Å². The molecular formula is C7H15BrS. The summed E-state index contributed by atoms with van der Waals surface area (Å²) >= 11 is 7.54. The standard InChI is InChI=1S/C7H15BrS/c8-6-4-2-1-3-5-7-9/h9H,1-7H2. The average Bonchev–Trinajstić information content (AvgIpc) is 1.89. The van der Waals surface area contributed by atoms with E-state index in [2.05, 4.69) is 28.6 Å². The van der Waals surface area contributed by atoms with Crippen molar-refractivity contribution in [1.29, 1.82) is 0 Å². The van der Waals surface area contributed by atoms with E-state index >= 15 is 0 Å². The Kier molecular flexibility index (Phi) is 9.64. The minimum atomic E-state index is 1.05. The van der Waals surface area contributed by atoms with E-state index in [-0.39, 0.29) is 0 Å². The Morgan fingerprint density at radius 3 is 2.00 bits per heavy atom. The molecule has 9 heavy (non-hydrogen) atoms. The summed E-state index contributed by atoms with van der Waals surface area (Å²) in [6.07, 6.45) is 6.72. The third-order valence-corrected chi connectivity index (χ3v) is 2.17. The number of alkyl halides is 1. The van der Waals surface area contributed by atoms with Gasteiger partial charge in [0.25, 0.3) is 0 Å². The Balaban J connectivity index is 2.60. The summed E-state index contributed by atoms with van der Waals surface area (Å²) in [4.78, 5) is 0. The highest BCUT2D eigenvalue weighted by Crippen LogP contribution is 2.04. The van der Waals surface area contributed by atoms with E-state index in [0.29, 0.717) is 0 Å². The summed E-state index contributed by atoms with van der Waals surface area (Å²) < 4.78 is 0. The first-order valence-electron chi connectivity index (χ1n) is 3.58. The molecule has 0 fully saturated rings. The molecule has 0 saturated carbocycles. The van der Waals surface area contributed by atoms with Crippen molar-refractivity contribution in [3.05, 3.63) is 0 Å². The van der Waals surface area contributed by atoms with E-state index in [1.807, 2.05) is 0 Å². The second-order valence-corrected chi connectivity index (χ2v) is 3.42. The minimum Gasteiger partial charge on any atom is -0.179 e. The highest BCUT2D eigenvalue weighted by Gasteiger charge is 1.86. The lowest BCUT2D eigenvalue weighted by molar-refractivity contribution is 0.664. The number of hydrogen-bond acceptors (Lipinski definition) is 1. The Labute approximate surface area is 72.0 Å². The molecule has 0 spiro atoms. The molecule has 2 heteroatoms. The molecule has 0 aliphatic heterocycles. The second-order valence-electron chi connectivity index (χ2n) is 2.18. The van der Waals surface area contributed by atoms with Gasteiger partial charge in [-0.15, -0.1) is 0 Å². The fourth-order valence-corrected chi connectivity index (χ4v) is 1.36. The first kappa shape index (κ1) is 9.83. The van der Waals surface area contributed by atoms with Crippen molar-refractivity contribution in [2.75, 3.05) is 11.1 Å². The summed E-state index contributed by atoms with van der Waals surface area (Å²) in [5, 5.41) is 1.16. The number of halogens is 1. The van der Waals surface area contributed by atoms with Crippen LogP contribution in [0.3, 0.4) is 0 Å². The van der Waals surface area contributed by atoms with Crippen molar-refractivity contribution in [2.45, 2.75) is 32.1 Å². The molecule has 0 unspecified atom stereocenters. The van der Waals surface area contributed by atoms with E-state index in [1.54, 1.807) is 0 Å². The highest BCUT2D eigenvalue weighted by molar-refractivity contribution is 9.09. The smallest absolute Gasteiger partial charge is 0.00313 e. The van der Waals surface area contributed by atoms with Crippen LogP contribution in [0.15, 0.2) is 0 Å². The van der Waals surface area contributed by atoms with E-state index < -0.39 is 0 Å². The molecule has 0 amide bonds. The Morgan fingerprint density at radius 2 is 1.44 bits per heavy atom. The van der Waals surface area contributed by atoms with Gasteiger partial charge < -0.3 is 0 Å². The highest BCUT2D eigenvalue weighted by atomic mass is 79.9. The van der Waals surface area contributed by atoms with Gasteiger partial charge in [0.2, 0.25) is 0 Å². The summed E-state index contributed by atoms with van der Waals surface area (Å²) in [6.45, 7) is 0. The summed E-state index contributed by atoms with van der Waals surface area (Å²) in [7, 11) is 0. The maximum absolute atomic E-state index is 4.14. The molecule has 0 aromatic heterocycles. The van der Waals surface area contributed by atoms with Crippen molar-refractivity contribution in [2.24, 2.45) is 0 Å². The molecule has 0 aliphatic carbocycles. The molecule has 0 nitrogen and oxygen atoms in total. The first-order valence-corrected chi connectivity index (χ1v) is 5.34. The van der Waals surface area contributed by atoms with Crippen LogP contribution in [0.25, 0.3) is 0 Å². The van der Waals surface area contributed by atoms with Gasteiger partial charge in [-0.05, 0) is 18.6 Å². The number of hydrogen-bond donors (Lipinski definition) is 1. The van der Waals surface area contributed by atoms with Gasteiger partial charge in [0.1, 0.15) is 0 Å². The molecule has 0 aromatic carbocycles. The SMILES string of the molecule is SCCCCCCCBr. The number of unbranched alkanes of at least 4 members (excludes halogenated alkanes) is 4. The quantitative estimate of drug-likeness (QED) is 0.389. The molecular weight excluding hydrogens is 196 g/mol. The predicted molar refractivity (Wildman–Crippen MR) is 50.7 cm³/mol. The fourth-order valence-electron chi connectivity index (χ4n) is 0.737. The third kappa shape index (κ3) is 8.83. The molecule has 0 radical (unpaired) electrons. The lowest BCUT2D eigenvalue weighted by Gasteiger charge is -1.95. The van der Waals surface area contributed by atoms with Crippen LogP contribution in [-0.4, -0.2) is 11.1 Å². The van der Waals surface area contributed by atoms with Crippen LogP contribution in [0.5, 0.6) is 0 Å². The molecule has 0 heterocycles. The molecule has 56 valence electrons. The summed E-state index contributed by atoms with van der Waals surface area (Å²) in [6, 6.07) is 0. The molecule has 0 bridgehead atoms. The average molecular weight is 211 g/mol. The molecule has 0 aromatic rings. The van der Waals surface area contributed by atoms with Crippen molar-refractivity contribution >= 4 is 28.6 Å². The summed E-state index contributed by atoms with van der Waals surface area (Å²) in [5.74, 6) is 1.05. The molecule has 0 rings (SSSR count). The van der Waals surface area contributed by atoms with Crippen LogP contribution >= 0.6 is 28.6 Å². The topological polar surface area (TPSA) is 0 Å². The zero-order valence-electron chi connectivity index (χ0n) is 5.77. The van der Waals surface area contributed by atoms with Gasteiger partial charge in [0.15, 0.2) is 0 Å². The van der Waals surface area contributed by atoms with E-state index in [0.717, 1.165) is 11.1 Å². The monoisotopic (exact) mass is 210 g/mol. The zero-order valence-corrected chi connectivity index (χ0v) is 8.26. The predicted octanol–water partition coefficient (Wildman–Crippen LogP) is 3.26. The van der Waals surface area contributed by atoms with Crippen LogP contribution in [0.4, 0.5) is 0 Å². The van der Waals surface area contributed by atoms with Gasteiger partial charge >= 0.3 is 0 Å². The Hall–Kier alpha value is 0.830. The molecule has 0 N–H and O–H groups in total. The third-order valence-electron chi connectivity index (χ3n) is 1.29. The maximum Gasteiger partial charge on any atom is 0.00313 e. The molecule has 0 saturated heterocycles.